The molecular formula is C11H11ClN4O. The van der Waals surface area contributed by atoms with Gasteiger partial charge in [-0.15, -0.1) is 0 Å². The number of nitrogen functional groups attached to an aromatic ring is 1. The van der Waals surface area contributed by atoms with E-state index in [1.165, 1.54) is 12.4 Å². The lowest BCUT2D eigenvalue weighted by Crippen LogP contribution is -1.98. The highest BCUT2D eigenvalue weighted by molar-refractivity contribution is 6.30. The summed E-state index contributed by atoms with van der Waals surface area (Å²) in [5.74, 6) is 1.61. The maximum Gasteiger partial charge on any atom is 0.149 e. The summed E-state index contributed by atoms with van der Waals surface area (Å²) in [5.41, 5.74) is 6.17. The molecule has 3 N–H and O–H groups in total. The number of hydrogen-bond donors (Lipinski definition) is 2. The first-order valence-corrected chi connectivity index (χ1v) is 5.25. The molecule has 1 aromatic heterocycles. The van der Waals surface area contributed by atoms with Crippen molar-refractivity contribution in [1.82, 2.24) is 9.97 Å². The van der Waals surface area contributed by atoms with Crippen LogP contribution in [-0.2, 0) is 0 Å². The van der Waals surface area contributed by atoms with Gasteiger partial charge in [0.25, 0.3) is 0 Å². The lowest BCUT2D eigenvalue weighted by molar-refractivity contribution is 0.417. The summed E-state index contributed by atoms with van der Waals surface area (Å²) in [5, 5.41) is 3.66. The third-order valence-corrected chi connectivity index (χ3v) is 2.33. The second-order valence-electron chi connectivity index (χ2n) is 3.30. The largest absolute Gasteiger partial charge is 0.495 e. The summed E-state index contributed by atoms with van der Waals surface area (Å²) in [7, 11) is 1.59. The summed E-state index contributed by atoms with van der Waals surface area (Å²) in [6.45, 7) is 0. The molecule has 6 heteroatoms. The van der Waals surface area contributed by atoms with Crippen LogP contribution in [0, 0.1) is 0 Å². The molecule has 0 amide bonds. The fourth-order valence-electron chi connectivity index (χ4n) is 1.32. The first-order chi connectivity index (χ1) is 8.19. The monoisotopic (exact) mass is 250 g/mol. The normalized spacial score (nSPS) is 10.0. The van der Waals surface area contributed by atoms with Gasteiger partial charge in [0.15, 0.2) is 0 Å². The average Bonchev–Trinajstić information content (AvgIpc) is 2.32. The van der Waals surface area contributed by atoms with Crippen LogP contribution in [0.4, 0.5) is 17.3 Å². The molecule has 0 saturated heterocycles. The second-order valence-corrected chi connectivity index (χ2v) is 3.73. The first kappa shape index (κ1) is 11.5. The summed E-state index contributed by atoms with van der Waals surface area (Å²) >= 11 is 5.91. The quantitative estimate of drug-likeness (QED) is 0.875. The van der Waals surface area contributed by atoms with E-state index in [1.807, 2.05) is 0 Å². The van der Waals surface area contributed by atoms with E-state index >= 15 is 0 Å². The molecule has 0 aliphatic carbocycles. The van der Waals surface area contributed by atoms with E-state index in [2.05, 4.69) is 15.3 Å². The molecule has 0 aliphatic rings. The van der Waals surface area contributed by atoms with Gasteiger partial charge in [0.05, 0.1) is 25.2 Å². The lowest BCUT2D eigenvalue weighted by Gasteiger charge is -2.10. The Hall–Kier alpha value is -2.01. The molecule has 0 radical (unpaired) electrons. The predicted octanol–water partition coefficient (Wildman–Crippen LogP) is 2.46. The van der Waals surface area contributed by atoms with Crippen LogP contribution in [0.3, 0.4) is 0 Å². The summed E-state index contributed by atoms with van der Waals surface area (Å²) in [4.78, 5) is 8.01. The van der Waals surface area contributed by atoms with Crippen molar-refractivity contribution in [2.24, 2.45) is 0 Å². The SMILES string of the molecule is COc1ccc(Cl)cc1Nc1cnc(N)cn1. The molecule has 0 unspecified atom stereocenters. The van der Waals surface area contributed by atoms with Crippen molar-refractivity contribution >= 4 is 28.9 Å². The van der Waals surface area contributed by atoms with E-state index < -0.39 is 0 Å². The Balaban J connectivity index is 2.28. The number of hydrogen-bond acceptors (Lipinski definition) is 5. The van der Waals surface area contributed by atoms with Gasteiger partial charge in [-0.05, 0) is 18.2 Å². The van der Waals surface area contributed by atoms with Gasteiger partial charge in [-0.3, -0.25) is 0 Å². The van der Waals surface area contributed by atoms with Crippen molar-refractivity contribution in [3.8, 4) is 5.75 Å². The van der Waals surface area contributed by atoms with Gasteiger partial charge in [0, 0.05) is 5.02 Å². The average molecular weight is 251 g/mol. The molecular weight excluding hydrogens is 240 g/mol. The second kappa shape index (κ2) is 4.88. The van der Waals surface area contributed by atoms with Crippen LogP contribution >= 0.6 is 11.6 Å². The number of benzene rings is 1. The van der Waals surface area contributed by atoms with Crippen molar-refractivity contribution in [3.05, 3.63) is 35.6 Å². The number of aromatic nitrogens is 2. The maximum atomic E-state index is 5.91. The zero-order valence-electron chi connectivity index (χ0n) is 9.14. The Labute approximate surface area is 104 Å². The molecule has 17 heavy (non-hydrogen) atoms. The van der Waals surface area contributed by atoms with E-state index in [0.29, 0.717) is 22.4 Å². The van der Waals surface area contributed by atoms with Crippen LogP contribution in [0.5, 0.6) is 5.75 Å². The van der Waals surface area contributed by atoms with E-state index in [1.54, 1.807) is 25.3 Å². The Morgan fingerprint density at radius 3 is 2.76 bits per heavy atom. The van der Waals surface area contributed by atoms with Crippen molar-refractivity contribution in [2.45, 2.75) is 0 Å². The fourth-order valence-corrected chi connectivity index (χ4v) is 1.49. The summed E-state index contributed by atoms with van der Waals surface area (Å²) < 4.78 is 5.20. The fraction of sp³-hybridized carbons (Fsp3) is 0.0909. The highest BCUT2D eigenvalue weighted by atomic mass is 35.5. The van der Waals surface area contributed by atoms with Crippen LogP contribution in [-0.4, -0.2) is 17.1 Å². The first-order valence-electron chi connectivity index (χ1n) is 4.87. The molecule has 2 rings (SSSR count). The molecule has 2 aromatic rings. The molecule has 0 spiro atoms. The number of halogens is 1. The van der Waals surface area contributed by atoms with Crippen molar-refractivity contribution in [1.29, 1.82) is 0 Å². The van der Waals surface area contributed by atoms with Crippen LogP contribution in [0.25, 0.3) is 0 Å². The molecule has 0 atom stereocenters. The molecule has 5 nitrogen and oxygen atoms in total. The summed E-state index contributed by atoms with van der Waals surface area (Å²) in [6, 6.07) is 5.27. The Morgan fingerprint density at radius 1 is 1.29 bits per heavy atom. The number of nitrogens with two attached hydrogens (primary N) is 1. The lowest BCUT2D eigenvalue weighted by atomic mass is 10.3. The zero-order chi connectivity index (χ0) is 12.3. The van der Waals surface area contributed by atoms with Crippen molar-refractivity contribution in [3.63, 3.8) is 0 Å². The molecule has 0 bridgehead atoms. The minimum atomic E-state index is 0.369. The third-order valence-electron chi connectivity index (χ3n) is 2.10. The van der Waals surface area contributed by atoms with Crippen LogP contribution in [0.15, 0.2) is 30.6 Å². The van der Waals surface area contributed by atoms with Crippen LogP contribution in [0.2, 0.25) is 5.02 Å². The van der Waals surface area contributed by atoms with Crippen LogP contribution in [0.1, 0.15) is 0 Å². The number of nitrogens with zero attached hydrogens (tertiary/aromatic N) is 2. The van der Waals surface area contributed by atoms with Gasteiger partial charge in [-0.1, -0.05) is 11.6 Å². The number of anilines is 3. The molecule has 1 aromatic carbocycles. The molecule has 0 saturated carbocycles. The van der Waals surface area contributed by atoms with E-state index in [-0.39, 0.29) is 0 Å². The van der Waals surface area contributed by atoms with Gasteiger partial charge in [-0.25, -0.2) is 9.97 Å². The third kappa shape index (κ3) is 2.76. The predicted molar refractivity (Wildman–Crippen MR) is 67.7 cm³/mol. The van der Waals surface area contributed by atoms with Gasteiger partial charge >= 0.3 is 0 Å². The van der Waals surface area contributed by atoms with Crippen molar-refractivity contribution in [2.75, 3.05) is 18.2 Å². The Bertz CT molecular complexity index is 515. The van der Waals surface area contributed by atoms with E-state index in [0.717, 1.165) is 5.69 Å². The number of methoxy groups -OCH3 is 1. The highest BCUT2D eigenvalue weighted by Crippen LogP contribution is 2.29. The Morgan fingerprint density at radius 2 is 2.12 bits per heavy atom. The van der Waals surface area contributed by atoms with Gasteiger partial charge < -0.3 is 15.8 Å². The number of rotatable bonds is 3. The smallest absolute Gasteiger partial charge is 0.149 e. The Kier molecular flexibility index (Phi) is 3.30. The van der Waals surface area contributed by atoms with E-state index in [4.69, 9.17) is 22.1 Å². The van der Waals surface area contributed by atoms with Gasteiger partial charge in [0.1, 0.15) is 17.4 Å². The van der Waals surface area contributed by atoms with E-state index in [9.17, 15) is 0 Å². The standard InChI is InChI=1S/C11H11ClN4O/c1-17-9-3-2-7(12)4-8(9)16-11-6-14-10(13)5-15-11/h2-6H,1H3,(H2,13,14)(H,15,16). The minimum absolute atomic E-state index is 0.369. The number of nitrogens with one attached hydrogen (secondary N) is 1. The summed E-state index contributed by atoms with van der Waals surface area (Å²) in [6.07, 6.45) is 3.01. The van der Waals surface area contributed by atoms with Crippen LogP contribution < -0.4 is 15.8 Å². The maximum absolute atomic E-state index is 5.91. The molecule has 88 valence electrons. The molecule has 1 heterocycles. The molecule has 0 aliphatic heterocycles. The van der Waals surface area contributed by atoms with Gasteiger partial charge in [0.2, 0.25) is 0 Å². The minimum Gasteiger partial charge on any atom is -0.495 e. The topological polar surface area (TPSA) is 73.1 Å². The molecule has 0 fully saturated rings. The highest BCUT2D eigenvalue weighted by Gasteiger charge is 2.05. The van der Waals surface area contributed by atoms with Gasteiger partial charge in [-0.2, -0.15) is 0 Å². The number of ether oxygens (including phenoxy) is 1. The zero-order valence-corrected chi connectivity index (χ0v) is 9.90. The van der Waals surface area contributed by atoms with Crippen molar-refractivity contribution < 1.29 is 4.74 Å².